The highest BCUT2D eigenvalue weighted by Gasteiger charge is 2.29. The number of methoxy groups -OCH3 is 1. The van der Waals surface area contributed by atoms with E-state index in [1.807, 2.05) is 18.3 Å². The monoisotopic (exact) mass is 348 g/mol. The number of pyridine rings is 2. The topological polar surface area (TPSA) is 55.2 Å². The molecule has 4 nitrogen and oxygen atoms in total. The lowest BCUT2D eigenvalue weighted by Crippen LogP contribution is -2.20. The lowest BCUT2D eigenvalue weighted by Gasteiger charge is -2.31. The fourth-order valence-electron chi connectivity index (χ4n) is 3.24. The van der Waals surface area contributed by atoms with Crippen LogP contribution in [-0.2, 0) is 0 Å². The van der Waals surface area contributed by atoms with Crippen LogP contribution in [0.1, 0.15) is 37.9 Å². The van der Waals surface area contributed by atoms with Gasteiger partial charge in [0.15, 0.2) is 0 Å². The predicted octanol–water partition coefficient (Wildman–Crippen LogP) is 5.04. The molecule has 0 radical (unpaired) electrons. The van der Waals surface area contributed by atoms with Gasteiger partial charge in [0.2, 0.25) is 0 Å². The van der Waals surface area contributed by atoms with E-state index in [4.69, 9.17) is 4.74 Å². The van der Waals surface area contributed by atoms with Crippen molar-refractivity contribution in [2.75, 3.05) is 7.11 Å². The maximum Gasteiger partial charge on any atom is 0.137 e. The van der Waals surface area contributed by atoms with Crippen LogP contribution in [-0.4, -0.2) is 22.2 Å². The van der Waals surface area contributed by atoms with Crippen LogP contribution in [0.2, 0.25) is 0 Å². The van der Waals surface area contributed by atoms with Gasteiger partial charge in [0.25, 0.3) is 0 Å². The van der Waals surface area contributed by atoms with Crippen molar-refractivity contribution in [2.24, 2.45) is 5.41 Å². The molecule has 4 heteroatoms. The Labute approximate surface area is 154 Å². The van der Waals surface area contributed by atoms with Crippen molar-refractivity contribution < 1.29 is 9.84 Å². The van der Waals surface area contributed by atoms with Crippen LogP contribution in [0.5, 0.6) is 11.5 Å². The van der Waals surface area contributed by atoms with E-state index in [1.54, 1.807) is 19.4 Å². The highest BCUT2D eigenvalue weighted by molar-refractivity contribution is 5.64. The van der Waals surface area contributed by atoms with E-state index in [9.17, 15) is 5.11 Å². The summed E-state index contributed by atoms with van der Waals surface area (Å²) in [4.78, 5) is 8.67. The highest BCUT2D eigenvalue weighted by Crippen LogP contribution is 2.40. The molecule has 0 aliphatic heterocycles. The molecule has 0 bridgehead atoms. The summed E-state index contributed by atoms with van der Waals surface area (Å²) in [5.74, 6) is 1.05. The third-order valence-electron chi connectivity index (χ3n) is 4.46. The van der Waals surface area contributed by atoms with Gasteiger partial charge in [0.05, 0.1) is 19.5 Å². The minimum absolute atomic E-state index is 0.0109. The Morgan fingerprint density at radius 1 is 0.923 bits per heavy atom. The number of benzene rings is 1. The second kappa shape index (κ2) is 7.16. The predicted molar refractivity (Wildman–Crippen MR) is 103 cm³/mol. The second-order valence-electron chi connectivity index (χ2n) is 7.48. The Hall–Kier alpha value is -2.88. The van der Waals surface area contributed by atoms with Gasteiger partial charge in [-0.05, 0) is 34.7 Å². The molecule has 0 fully saturated rings. The molecule has 0 spiro atoms. The molecule has 3 aromatic rings. The van der Waals surface area contributed by atoms with E-state index < -0.39 is 0 Å². The number of aromatic nitrogens is 2. The van der Waals surface area contributed by atoms with Crippen LogP contribution in [0.25, 0.3) is 11.1 Å². The highest BCUT2D eigenvalue weighted by atomic mass is 16.5. The Balaban J connectivity index is 1.97. The minimum Gasteiger partial charge on any atom is -0.506 e. The average molecular weight is 348 g/mol. The van der Waals surface area contributed by atoms with Gasteiger partial charge in [0, 0.05) is 23.4 Å². The summed E-state index contributed by atoms with van der Waals surface area (Å²) in [5.41, 5.74) is 4.24. The quantitative estimate of drug-likeness (QED) is 0.718. The molecule has 134 valence electrons. The Bertz CT molecular complexity index is 866. The van der Waals surface area contributed by atoms with Gasteiger partial charge >= 0.3 is 0 Å². The molecule has 1 N–H and O–H groups in total. The molecule has 0 saturated carbocycles. The summed E-state index contributed by atoms with van der Waals surface area (Å²) in [6.07, 6.45) is 5.04. The summed E-state index contributed by atoms with van der Waals surface area (Å²) in [6.45, 7) is 6.60. The molecule has 0 saturated heterocycles. The Morgan fingerprint density at radius 3 is 2.23 bits per heavy atom. The van der Waals surface area contributed by atoms with Crippen molar-refractivity contribution in [1.29, 1.82) is 0 Å². The van der Waals surface area contributed by atoms with Crippen LogP contribution < -0.4 is 4.74 Å². The molecular formula is C22H24N2O2. The zero-order valence-electron chi connectivity index (χ0n) is 15.6. The zero-order valence-corrected chi connectivity index (χ0v) is 15.6. The van der Waals surface area contributed by atoms with E-state index in [0.717, 1.165) is 22.6 Å². The van der Waals surface area contributed by atoms with Crippen molar-refractivity contribution in [2.45, 2.75) is 26.7 Å². The van der Waals surface area contributed by atoms with Crippen LogP contribution in [0.3, 0.4) is 0 Å². The first-order valence-corrected chi connectivity index (χ1v) is 8.63. The third-order valence-corrected chi connectivity index (χ3v) is 4.46. The second-order valence-corrected chi connectivity index (χ2v) is 7.48. The lowest BCUT2D eigenvalue weighted by atomic mass is 9.74. The molecule has 3 rings (SSSR count). The number of nitrogens with zero attached hydrogens (tertiary/aromatic N) is 2. The molecule has 1 unspecified atom stereocenters. The van der Waals surface area contributed by atoms with Crippen molar-refractivity contribution in [3.63, 3.8) is 0 Å². The molecule has 0 aliphatic carbocycles. The number of rotatable bonds is 4. The summed E-state index contributed by atoms with van der Waals surface area (Å²) in [6, 6.07) is 14.0. The van der Waals surface area contributed by atoms with E-state index in [0.29, 0.717) is 0 Å². The summed E-state index contributed by atoms with van der Waals surface area (Å²) in [5, 5.41) is 9.54. The summed E-state index contributed by atoms with van der Waals surface area (Å²) in [7, 11) is 1.64. The maximum atomic E-state index is 9.54. The van der Waals surface area contributed by atoms with Gasteiger partial charge in [-0.3, -0.25) is 9.97 Å². The van der Waals surface area contributed by atoms with Crippen LogP contribution in [0.4, 0.5) is 0 Å². The maximum absolute atomic E-state index is 9.54. The van der Waals surface area contributed by atoms with Crippen molar-refractivity contribution in [3.05, 3.63) is 72.3 Å². The Kier molecular flexibility index (Phi) is 4.94. The van der Waals surface area contributed by atoms with Gasteiger partial charge in [-0.1, -0.05) is 45.0 Å². The van der Waals surface area contributed by atoms with Crippen LogP contribution >= 0.6 is 0 Å². The van der Waals surface area contributed by atoms with Gasteiger partial charge in [-0.2, -0.15) is 0 Å². The average Bonchev–Trinajstić information content (AvgIpc) is 2.63. The SMILES string of the molecule is COc1cncc(-c2ccc(C(c3ccc(O)cn3)C(C)(C)C)cc2)c1. The van der Waals surface area contributed by atoms with E-state index in [2.05, 4.69) is 55.0 Å². The zero-order chi connectivity index (χ0) is 18.7. The largest absolute Gasteiger partial charge is 0.506 e. The fraction of sp³-hybridized carbons (Fsp3) is 0.273. The molecule has 1 atom stereocenters. The molecular weight excluding hydrogens is 324 g/mol. The number of aromatic hydroxyl groups is 1. The molecule has 1 aromatic carbocycles. The first-order valence-electron chi connectivity index (χ1n) is 8.63. The number of ether oxygens (including phenoxy) is 1. The fourth-order valence-corrected chi connectivity index (χ4v) is 3.24. The van der Waals surface area contributed by atoms with E-state index >= 15 is 0 Å². The molecule has 26 heavy (non-hydrogen) atoms. The molecule has 0 amide bonds. The standard InChI is InChI=1S/C22H24N2O2/c1-22(2,3)21(20-10-9-18(25)13-24-20)16-7-5-15(6-8-16)17-11-19(26-4)14-23-12-17/h5-14,21,25H,1-4H3. The Morgan fingerprint density at radius 2 is 1.65 bits per heavy atom. The minimum atomic E-state index is -0.0109. The van der Waals surface area contributed by atoms with E-state index in [1.165, 1.54) is 11.8 Å². The third kappa shape index (κ3) is 3.85. The lowest BCUT2D eigenvalue weighted by molar-refractivity contribution is 0.352. The van der Waals surface area contributed by atoms with Crippen LogP contribution in [0, 0.1) is 5.41 Å². The summed E-state index contributed by atoms with van der Waals surface area (Å²) >= 11 is 0. The first-order chi connectivity index (χ1) is 12.4. The normalized spacial score (nSPS) is 12.6. The van der Waals surface area contributed by atoms with Crippen molar-refractivity contribution in [3.8, 4) is 22.6 Å². The van der Waals surface area contributed by atoms with Crippen molar-refractivity contribution in [1.82, 2.24) is 9.97 Å². The van der Waals surface area contributed by atoms with Crippen molar-refractivity contribution >= 4 is 0 Å². The van der Waals surface area contributed by atoms with Gasteiger partial charge in [-0.15, -0.1) is 0 Å². The smallest absolute Gasteiger partial charge is 0.137 e. The van der Waals surface area contributed by atoms with Gasteiger partial charge < -0.3 is 9.84 Å². The van der Waals surface area contributed by atoms with Gasteiger partial charge in [-0.25, -0.2) is 0 Å². The van der Waals surface area contributed by atoms with Gasteiger partial charge in [0.1, 0.15) is 11.5 Å². The summed E-state index contributed by atoms with van der Waals surface area (Å²) < 4.78 is 5.26. The number of hydrogen-bond acceptors (Lipinski definition) is 4. The van der Waals surface area contributed by atoms with E-state index in [-0.39, 0.29) is 17.1 Å². The molecule has 0 aliphatic rings. The van der Waals surface area contributed by atoms with Crippen LogP contribution in [0.15, 0.2) is 61.1 Å². The molecule has 2 heterocycles. The number of hydrogen-bond donors (Lipinski definition) is 1. The first kappa shape index (κ1) is 17.9. The molecule has 2 aromatic heterocycles.